The Morgan fingerprint density at radius 1 is 1.14 bits per heavy atom. The van der Waals surface area contributed by atoms with Crippen LogP contribution in [-0.4, -0.2) is 31.8 Å². The Morgan fingerprint density at radius 3 is 2.90 bits per heavy atom. The van der Waals surface area contributed by atoms with E-state index < -0.39 is 0 Å². The highest BCUT2D eigenvalue weighted by molar-refractivity contribution is 5.81. The largest absolute Gasteiger partial charge is 0.453 e. The predicted molar refractivity (Wildman–Crippen MR) is 80.2 cm³/mol. The molecule has 1 N–H and O–H groups in total. The Labute approximate surface area is 122 Å². The van der Waals surface area contributed by atoms with Crippen LogP contribution in [0.2, 0.25) is 0 Å². The number of methoxy groups -OCH3 is 1. The summed E-state index contributed by atoms with van der Waals surface area (Å²) in [6.45, 7) is 2.34. The Morgan fingerprint density at radius 2 is 2.05 bits per heavy atom. The summed E-state index contributed by atoms with van der Waals surface area (Å²) >= 11 is 0. The van der Waals surface area contributed by atoms with Crippen molar-refractivity contribution in [2.75, 3.05) is 26.8 Å². The second-order valence-electron chi connectivity index (χ2n) is 4.76. The molecule has 0 spiro atoms. The van der Waals surface area contributed by atoms with Gasteiger partial charge in [0.05, 0.1) is 12.8 Å². The van der Waals surface area contributed by atoms with Gasteiger partial charge in [-0.2, -0.15) is 0 Å². The molecule has 0 saturated heterocycles. The predicted octanol–water partition coefficient (Wildman–Crippen LogP) is 2.87. The van der Waals surface area contributed by atoms with Crippen molar-refractivity contribution in [3.63, 3.8) is 0 Å². The lowest BCUT2D eigenvalue weighted by atomic mass is 10.2. The number of fused-ring (bicyclic) bond motifs is 1. The molecular formula is C16H18N2O3. The molecule has 1 aromatic carbocycles. The molecule has 5 nitrogen and oxygen atoms in total. The monoisotopic (exact) mass is 286 g/mol. The fraction of sp³-hybridized carbons (Fsp3) is 0.312. The number of rotatable bonds is 7. The minimum atomic E-state index is 0.665. The van der Waals surface area contributed by atoms with Crippen LogP contribution in [-0.2, 0) is 11.2 Å². The maximum Gasteiger partial charge on any atom is 0.196 e. The van der Waals surface area contributed by atoms with Crippen molar-refractivity contribution in [1.29, 1.82) is 0 Å². The van der Waals surface area contributed by atoms with Gasteiger partial charge < -0.3 is 18.9 Å². The van der Waals surface area contributed by atoms with Crippen molar-refractivity contribution in [2.45, 2.75) is 6.42 Å². The third-order valence-corrected chi connectivity index (χ3v) is 3.22. The normalized spacial score (nSPS) is 11.3. The molecule has 110 valence electrons. The second-order valence-corrected chi connectivity index (χ2v) is 4.76. The number of ether oxygens (including phenoxy) is 1. The third kappa shape index (κ3) is 3.32. The quantitative estimate of drug-likeness (QED) is 0.677. The average Bonchev–Trinajstić information content (AvgIpc) is 3.13. The molecular weight excluding hydrogens is 268 g/mol. The van der Waals surface area contributed by atoms with Gasteiger partial charge in [-0.15, -0.1) is 0 Å². The standard InChI is InChI=1S/C16H18N2O3/c1-19-9-8-17-7-6-16-18-11-15(21-16)14-10-12-4-2-3-5-13(12)20-14/h2-5,10-11,17H,6-9H2,1H3. The first-order valence-corrected chi connectivity index (χ1v) is 7.00. The van der Waals surface area contributed by atoms with Crippen LogP contribution >= 0.6 is 0 Å². The summed E-state index contributed by atoms with van der Waals surface area (Å²) in [5, 5.41) is 4.32. The van der Waals surface area contributed by atoms with Crippen molar-refractivity contribution in [3.05, 3.63) is 42.4 Å². The fourth-order valence-electron chi connectivity index (χ4n) is 2.14. The summed E-state index contributed by atoms with van der Waals surface area (Å²) in [5.74, 6) is 2.08. The zero-order valence-corrected chi connectivity index (χ0v) is 12.0. The lowest BCUT2D eigenvalue weighted by molar-refractivity contribution is 0.199. The van der Waals surface area contributed by atoms with Gasteiger partial charge in [-0.05, 0) is 12.1 Å². The molecule has 3 rings (SSSR count). The number of benzene rings is 1. The Bertz CT molecular complexity index is 669. The smallest absolute Gasteiger partial charge is 0.196 e. The topological polar surface area (TPSA) is 60.4 Å². The molecule has 0 saturated carbocycles. The third-order valence-electron chi connectivity index (χ3n) is 3.22. The fourth-order valence-corrected chi connectivity index (χ4v) is 2.14. The molecule has 0 bridgehead atoms. The van der Waals surface area contributed by atoms with Gasteiger partial charge in [-0.25, -0.2) is 4.98 Å². The summed E-state index contributed by atoms with van der Waals surface area (Å²) in [6.07, 6.45) is 2.45. The number of furan rings is 1. The van der Waals surface area contributed by atoms with Crippen LogP contribution < -0.4 is 5.32 Å². The summed E-state index contributed by atoms with van der Waals surface area (Å²) in [7, 11) is 1.69. The Hall–Kier alpha value is -2.11. The van der Waals surface area contributed by atoms with Crippen molar-refractivity contribution in [2.24, 2.45) is 0 Å². The van der Waals surface area contributed by atoms with Gasteiger partial charge in [0.2, 0.25) is 0 Å². The Kier molecular flexibility index (Phi) is 4.33. The van der Waals surface area contributed by atoms with Gasteiger partial charge in [-0.3, -0.25) is 0 Å². The highest BCUT2D eigenvalue weighted by atomic mass is 16.5. The summed E-state index contributed by atoms with van der Waals surface area (Å²) in [5.41, 5.74) is 0.853. The molecule has 21 heavy (non-hydrogen) atoms. The summed E-state index contributed by atoms with van der Waals surface area (Å²) in [6, 6.07) is 9.86. The Balaban J connectivity index is 1.64. The van der Waals surface area contributed by atoms with E-state index in [2.05, 4.69) is 10.3 Å². The van der Waals surface area contributed by atoms with Crippen LogP contribution in [0.25, 0.3) is 22.5 Å². The van der Waals surface area contributed by atoms with E-state index in [9.17, 15) is 0 Å². The van der Waals surface area contributed by atoms with Crippen LogP contribution in [0.5, 0.6) is 0 Å². The van der Waals surface area contributed by atoms with E-state index in [1.165, 1.54) is 0 Å². The molecule has 2 heterocycles. The van der Waals surface area contributed by atoms with Gasteiger partial charge >= 0.3 is 0 Å². The lowest BCUT2D eigenvalue weighted by Gasteiger charge is -2.00. The molecule has 0 fully saturated rings. The second kappa shape index (κ2) is 6.56. The molecule has 0 amide bonds. The number of hydrogen-bond donors (Lipinski definition) is 1. The lowest BCUT2D eigenvalue weighted by Crippen LogP contribution is -2.21. The minimum absolute atomic E-state index is 0.665. The summed E-state index contributed by atoms with van der Waals surface area (Å²) in [4.78, 5) is 4.28. The van der Waals surface area contributed by atoms with Crippen molar-refractivity contribution >= 4 is 11.0 Å². The number of para-hydroxylation sites is 1. The van der Waals surface area contributed by atoms with Crippen LogP contribution in [0.1, 0.15) is 5.89 Å². The van der Waals surface area contributed by atoms with Crippen molar-refractivity contribution in [3.8, 4) is 11.5 Å². The van der Waals surface area contributed by atoms with Crippen LogP contribution in [0, 0.1) is 0 Å². The highest BCUT2D eigenvalue weighted by Gasteiger charge is 2.11. The van der Waals surface area contributed by atoms with Crippen LogP contribution in [0.15, 0.2) is 45.4 Å². The molecule has 2 aromatic heterocycles. The minimum Gasteiger partial charge on any atom is -0.453 e. The van der Waals surface area contributed by atoms with Crippen molar-refractivity contribution in [1.82, 2.24) is 10.3 Å². The molecule has 0 aliphatic carbocycles. The zero-order chi connectivity index (χ0) is 14.5. The number of nitrogens with one attached hydrogen (secondary N) is 1. The SMILES string of the molecule is COCCNCCc1ncc(-c2cc3ccccc3o2)o1. The first-order chi connectivity index (χ1) is 10.4. The van der Waals surface area contributed by atoms with E-state index in [4.69, 9.17) is 13.6 Å². The summed E-state index contributed by atoms with van der Waals surface area (Å²) < 4.78 is 16.5. The highest BCUT2D eigenvalue weighted by Crippen LogP contribution is 2.28. The maximum absolute atomic E-state index is 5.76. The number of nitrogens with zero attached hydrogens (tertiary/aromatic N) is 1. The first kappa shape index (κ1) is 13.9. The van der Waals surface area contributed by atoms with E-state index in [0.717, 1.165) is 30.5 Å². The van der Waals surface area contributed by atoms with E-state index in [1.54, 1.807) is 13.3 Å². The molecule has 5 heteroatoms. The van der Waals surface area contributed by atoms with Gasteiger partial charge in [-0.1, -0.05) is 18.2 Å². The molecule has 3 aromatic rings. The maximum atomic E-state index is 5.76. The molecule has 0 radical (unpaired) electrons. The molecule has 0 aliphatic heterocycles. The number of hydrogen-bond acceptors (Lipinski definition) is 5. The number of aromatic nitrogens is 1. The zero-order valence-electron chi connectivity index (χ0n) is 12.0. The van der Waals surface area contributed by atoms with Gasteiger partial charge in [0, 0.05) is 32.0 Å². The average molecular weight is 286 g/mol. The van der Waals surface area contributed by atoms with E-state index in [0.29, 0.717) is 24.0 Å². The van der Waals surface area contributed by atoms with Gasteiger partial charge in [0.15, 0.2) is 17.4 Å². The molecule has 0 atom stereocenters. The number of oxazole rings is 1. The molecule has 0 aliphatic rings. The molecule has 0 unspecified atom stereocenters. The van der Waals surface area contributed by atoms with Gasteiger partial charge in [0.25, 0.3) is 0 Å². The van der Waals surface area contributed by atoms with Gasteiger partial charge in [0.1, 0.15) is 5.58 Å². The van der Waals surface area contributed by atoms with E-state index >= 15 is 0 Å². The van der Waals surface area contributed by atoms with Crippen molar-refractivity contribution < 1.29 is 13.6 Å². The van der Waals surface area contributed by atoms with Crippen LogP contribution in [0.3, 0.4) is 0 Å². The first-order valence-electron chi connectivity index (χ1n) is 7.00. The van der Waals surface area contributed by atoms with E-state index in [-0.39, 0.29) is 0 Å². The van der Waals surface area contributed by atoms with E-state index in [1.807, 2.05) is 30.3 Å². The van der Waals surface area contributed by atoms with Crippen LogP contribution in [0.4, 0.5) is 0 Å².